The molecule has 1 aromatic heterocycles. The molecule has 0 bridgehead atoms. The maximum absolute atomic E-state index is 12.3. The molecular weight excluding hydrogens is 352 g/mol. The molecule has 0 radical (unpaired) electrons. The van der Waals surface area contributed by atoms with E-state index in [2.05, 4.69) is 15.3 Å². The number of carbonyl (C=O) groups excluding carboxylic acids is 3. The second-order valence-corrected chi connectivity index (χ2v) is 5.74. The van der Waals surface area contributed by atoms with Crippen molar-refractivity contribution in [3.8, 4) is 11.9 Å². The van der Waals surface area contributed by atoms with Crippen LogP contribution < -0.4 is 14.8 Å². The molecule has 140 valence electrons. The summed E-state index contributed by atoms with van der Waals surface area (Å²) in [6.45, 7) is 0.163. The third-order valence-electron chi connectivity index (χ3n) is 4.05. The van der Waals surface area contributed by atoms with Crippen molar-refractivity contribution >= 4 is 23.4 Å². The first-order valence-electron chi connectivity index (χ1n) is 8.25. The number of nitrogens with zero attached hydrogens (tertiary/aromatic N) is 3. The minimum Gasteiger partial charge on any atom is -0.479 e. The number of carbonyl (C=O) groups is 3. The van der Waals surface area contributed by atoms with Crippen LogP contribution in [0.2, 0.25) is 0 Å². The van der Waals surface area contributed by atoms with Crippen LogP contribution in [-0.4, -0.2) is 53.4 Å². The van der Waals surface area contributed by atoms with Crippen LogP contribution in [0.5, 0.6) is 11.9 Å². The number of anilines is 1. The number of amides is 3. The first-order chi connectivity index (χ1) is 13.0. The lowest BCUT2D eigenvalue weighted by molar-refractivity contribution is -0.116. The van der Waals surface area contributed by atoms with Gasteiger partial charge in [0.25, 0.3) is 11.8 Å². The third kappa shape index (κ3) is 3.71. The van der Waals surface area contributed by atoms with E-state index < -0.39 is 0 Å². The predicted molar refractivity (Wildman–Crippen MR) is 94.8 cm³/mol. The first-order valence-corrected chi connectivity index (χ1v) is 8.25. The van der Waals surface area contributed by atoms with Crippen molar-refractivity contribution in [2.24, 2.45) is 0 Å². The Balaban J connectivity index is 1.55. The lowest BCUT2D eigenvalue weighted by atomic mass is 10.1. The van der Waals surface area contributed by atoms with Crippen molar-refractivity contribution in [1.29, 1.82) is 0 Å². The van der Waals surface area contributed by atoms with Gasteiger partial charge in [-0.2, -0.15) is 4.98 Å². The van der Waals surface area contributed by atoms with Gasteiger partial charge in [-0.05, 0) is 18.6 Å². The molecule has 1 aliphatic rings. The molecule has 0 saturated carbocycles. The largest absolute Gasteiger partial charge is 0.479 e. The second-order valence-electron chi connectivity index (χ2n) is 5.74. The zero-order valence-corrected chi connectivity index (χ0v) is 14.9. The third-order valence-corrected chi connectivity index (χ3v) is 4.05. The molecule has 1 aromatic carbocycles. The highest BCUT2D eigenvalue weighted by molar-refractivity contribution is 6.21. The van der Waals surface area contributed by atoms with Gasteiger partial charge < -0.3 is 14.8 Å². The highest BCUT2D eigenvalue weighted by atomic mass is 16.5. The molecule has 9 nitrogen and oxygen atoms in total. The fourth-order valence-corrected chi connectivity index (χ4v) is 2.74. The molecular formula is C18H18N4O5. The second kappa shape index (κ2) is 7.81. The van der Waals surface area contributed by atoms with Gasteiger partial charge in [0.05, 0.1) is 31.5 Å². The molecule has 0 aliphatic carbocycles. The van der Waals surface area contributed by atoms with E-state index in [1.807, 2.05) is 0 Å². The number of imide groups is 1. The fourth-order valence-electron chi connectivity index (χ4n) is 2.74. The lowest BCUT2D eigenvalue weighted by Gasteiger charge is -2.14. The van der Waals surface area contributed by atoms with Crippen molar-refractivity contribution in [2.45, 2.75) is 12.8 Å². The highest BCUT2D eigenvalue weighted by Crippen LogP contribution is 2.24. The molecule has 9 heteroatoms. The Labute approximate surface area is 155 Å². The average molecular weight is 370 g/mol. The standard InChI is InChI=1S/C18H18N4O5/c1-26-15-13(10-19-18(21-15)27-2)20-14(23)8-5-9-22-16(24)11-6-3-4-7-12(11)17(22)25/h3-4,6-7,10H,5,8-9H2,1-2H3,(H,20,23). The Kier molecular flexibility index (Phi) is 5.30. The summed E-state index contributed by atoms with van der Waals surface area (Å²) in [4.78, 5) is 45.8. The molecule has 0 unspecified atom stereocenters. The zero-order valence-electron chi connectivity index (χ0n) is 14.9. The number of hydrogen-bond donors (Lipinski definition) is 1. The number of hydrogen-bond acceptors (Lipinski definition) is 7. The van der Waals surface area contributed by atoms with Gasteiger partial charge in [-0.1, -0.05) is 12.1 Å². The summed E-state index contributed by atoms with van der Waals surface area (Å²) < 4.78 is 10.00. The molecule has 2 aromatic rings. The van der Waals surface area contributed by atoms with Crippen LogP contribution >= 0.6 is 0 Å². The number of nitrogens with one attached hydrogen (secondary N) is 1. The molecule has 27 heavy (non-hydrogen) atoms. The van der Waals surface area contributed by atoms with Crippen LogP contribution in [0.4, 0.5) is 5.69 Å². The topological polar surface area (TPSA) is 111 Å². The van der Waals surface area contributed by atoms with Gasteiger partial charge in [0.15, 0.2) is 0 Å². The molecule has 2 heterocycles. The first kappa shape index (κ1) is 18.3. The minimum absolute atomic E-state index is 0.114. The van der Waals surface area contributed by atoms with Crippen LogP contribution in [0.3, 0.4) is 0 Å². The Hall–Kier alpha value is -3.49. The average Bonchev–Trinajstić information content (AvgIpc) is 2.93. The Morgan fingerprint density at radius 2 is 1.78 bits per heavy atom. The van der Waals surface area contributed by atoms with Crippen molar-refractivity contribution in [2.75, 3.05) is 26.1 Å². The summed E-state index contributed by atoms with van der Waals surface area (Å²) in [7, 11) is 2.84. The summed E-state index contributed by atoms with van der Waals surface area (Å²) in [5, 5.41) is 2.64. The van der Waals surface area contributed by atoms with Crippen LogP contribution in [-0.2, 0) is 4.79 Å². The van der Waals surface area contributed by atoms with Gasteiger partial charge in [-0.25, -0.2) is 4.98 Å². The molecule has 1 aliphatic heterocycles. The maximum atomic E-state index is 12.3. The number of methoxy groups -OCH3 is 2. The van der Waals surface area contributed by atoms with Crippen molar-refractivity contribution in [3.63, 3.8) is 0 Å². The molecule has 0 spiro atoms. The number of benzene rings is 1. The molecule has 0 atom stereocenters. The van der Waals surface area contributed by atoms with Gasteiger partial charge in [-0.3, -0.25) is 19.3 Å². The van der Waals surface area contributed by atoms with Crippen LogP contribution in [0.15, 0.2) is 30.5 Å². The van der Waals surface area contributed by atoms with Crippen molar-refractivity contribution in [1.82, 2.24) is 14.9 Å². The zero-order chi connectivity index (χ0) is 19.4. The summed E-state index contributed by atoms with van der Waals surface area (Å²) in [5.41, 5.74) is 1.10. The summed E-state index contributed by atoms with van der Waals surface area (Å²) in [5.74, 6) is -0.795. The monoisotopic (exact) mass is 370 g/mol. The normalized spacial score (nSPS) is 12.7. The molecule has 1 N–H and O–H groups in total. The molecule has 3 amide bonds. The molecule has 0 saturated heterocycles. The van der Waals surface area contributed by atoms with Crippen molar-refractivity contribution < 1.29 is 23.9 Å². The van der Waals surface area contributed by atoms with Crippen LogP contribution in [0.1, 0.15) is 33.6 Å². The number of fused-ring (bicyclic) bond motifs is 1. The van der Waals surface area contributed by atoms with Gasteiger partial charge in [0.1, 0.15) is 5.69 Å². The SMILES string of the molecule is COc1ncc(NC(=O)CCCN2C(=O)c3ccccc3C2=O)c(OC)n1. The Morgan fingerprint density at radius 1 is 1.11 bits per heavy atom. The minimum atomic E-state index is -0.332. The van der Waals surface area contributed by atoms with Gasteiger partial charge in [0.2, 0.25) is 11.8 Å². The van der Waals surface area contributed by atoms with E-state index in [9.17, 15) is 14.4 Å². The smallest absolute Gasteiger partial charge is 0.319 e. The number of aromatic nitrogens is 2. The van der Waals surface area contributed by atoms with E-state index >= 15 is 0 Å². The van der Waals surface area contributed by atoms with Gasteiger partial charge in [0, 0.05) is 13.0 Å². The van der Waals surface area contributed by atoms with Gasteiger partial charge >= 0.3 is 6.01 Å². The van der Waals surface area contributed by atoms with Gasteiger partial charge in [-0.15, -0.1) is 0 Å². The van der Waals surface area contributed by atoms with Crippen molar-refractivity contribution in [3.05, 3.63) is 41.6 Å². The predicted octanol–water partition coefficient (Wildman–Crippen LogP) is 1.51. The Bertz CT molecular complexity index is 864. The van der Waals surface area contributed by atoms with E-state index in [0.29, 0.717) is 23.2 Å². The van der Waals surface area contributed by atoms with E-state index in [1.165, 1.54) is 20.4 Å². The maximum Gasteiger partial charge on any atom is 0.319 e. The molecule has 0 fully saturated rings. The summed E-state index contributed by atoms with van der Waals surface area (Å²) >= 11 is 0. The highest BCUT2D eigenvalue weighted by Gasteiger charge is 2.34. The van der Waals surface area contributed by atoms with E-state index in [1.54, 1.807) is 24.3 Å². The van der Waals surface area contributed by atoms with E-state index in [0.717, 1.165) is 4.90 Å². The molecule has 3 rings (SSSR count). The summed E-state index contributed by atoms with van der Waals surface area (Å²) in [6, 6.07) is 6.79. The van der Waals surface area contributed by atoms with Crippen LogP contribution in [0, 0.1) is 0 Å². The number of rotatable bonds is 7. The number of ether oxygens (including phenoxy) is 2. The van der Waals surface area contributed by atoms with E-state index in [-0.39, 0.29) is 42.6 Å². The van der Waals surface area contributed by atoms with E-state index in [4.69, 9.17) is 9.47 Å². The Morgan fingerprint density at radius 3 is 2.37 bits per heavy atom. The quantitative estimate of drug-likeness (QED) is 0.735. The van der Waals surface area contributed by atoms with Crippen LogP contribution in [0.25, 0.3) is 0 Å². The fraction of sp³-hybridized carbons (Fsp3) is 0.278. The summed E-state index contributed by atoms with van der Waals surface area (Å²) in [6.07, 6.45) is 1.83. The lowest BCUT2D eigenvalue weighted by Crippen LogP contribution is -2.31.